The second kappa shape index (κ2) is 2.71. The first kappa shape index (κ1) is 7.49. The minimum absolute atomic E-state index is 0.657. The Morgan fingerprint density at radius 2 is 2.25 bits per heavy atom. The van der Waals surface area contributed by atoms with Gasteiger partial charge in [0.15, 0.2) is 0 Å². The molecule has 0 aromatic carbocycles. The van der Waals surface area contributed by atoms with E-state index in [0.717, 1.165) is 10.2 Å². The van der Waals surface area contributed by atoms with Crippen molar-refractivity contribution in [3.63, 3.8) is 0 Å². The van der Waals surface area contributed by atoms with Gasteiger partial charge >= 0.3 is 0 Å². The molecule has 0 N–H and O–H groups in total. The lowest BCUT2D eigenvalue weighted by atomic mass is 10.4. The monoisotopic (exact) mass is 180 g/mol. The molecule has 0 fully saturated rings. The van der Waals surface area contributed by atoms with Crippen LogP contribution < -0.4 is 4.74 Å². The Hall–Kier alpha value is -1.16. The summed E-state index contributed by atoms with van der Waals surface area (Å²) >= 11 is 1.65. The predicted molar refractivity (Wildman–Crippen MR) is 48.7 cm³/mol. The van der Waals surface area contributed by atoms with E-state index < -0.39 is 0 Å². The summed E-state index contributed by atoms with van der Waals surface area (Å²) in [7, 11) is 1.62. The average molecular weight is 180 g/mol. The summed E-state index contributed by atoms with van der Waals surface area (Å²) in [5.41, 5.74) is 0. The van der Waals surface area contributed by atoms with Crippen molar-refractivity contribution in [3.8, 4) is 5.88 Å². The van der Waals surface area contributed by atoms with Gasteiger partial charge in [0.2, 0.25) is 5.88 Å². The number of hydrogen-bond acceptors (Lipinski definition) is 4. The smallest absolute Gasteiger partial charge is 0.225 e. The highest BCUT2D eigenvalue weighted by Gasteiger charge is 2.05. The van der Waals surface area contributed by atoms with E-state index in [1.807, 2.05) is 13.0 Å². The van der Waals surface area contributed by atoms with Crippen LogP contribution in [-0.4, -0.2) is 17.1 Å². The lowest BCUT2D eigenvalue weighted by molar-refractivity contribution is 0.403. The Morgan fingerprint density at radius 3 is 3.00 bits per heavy atom. The summed E-state index contributed by atoms with van der Waals surface area (Å²) < 4.78 is 5.10. The largest absolute Gasteiger partial charge is 0.480 e. The van der Waals surface area contributed by atoms with Crippen LogP contribution in [0.2, 0.25) is 0 Å². The van der Waals surface area contributed by atoms with Crippen molar-refractivity contribution in [2.75, 3.05) is 7.11 Å². The lowest BCUT2D eigenvalue weighted by Crippen LogP contribution is -1.87. The van der Waals surface area contributed by atoms with Gasteiger partial charge in [0.1, 0.15) is 11.2 Å². The molecule has 4 heteroatoms. The zero-order valence-corrected chi connectivity index (χ0v) is 7.68. The van der Waals surface area contributed by atoms with Crippen LogP contribution in [0, 0.1) is 6.92 Å². The number of rotatable bonds is 1. The third-order valence-electron chi connectivity index (χ3n) is 1.61. The molecule has 0 amide bonds. The summed E-state index contributed by atoms with van der Waals surface area (Å²) in [5.74, 6) is 0.657. The molecule has 0 unspecified atom stereocenters. The molecule has 0 bridgehead atoms. The van der Waals surface area contributed by atoms with E-state index in [-0.39, 0.29) is 0 Å². The molecule has 12 heavy (non-hydrogen) atoms. The standard InChI is InChI=1S/C8H8N2OS/c1-5-3-6-7(11-2)9-4-10-8(6)12-5/h3-4H,1-2H3. The molecule has 0 saturated heterocycles. The number of methoxy groups -OCH3 is 1. The second-order valence-electron chi connectivity index (χ2n) is 2.46. The van der Waals surface area contributed by atoms with E-state index in [9.17, 15) is 0 Å². The Morgan fingerprint density at radius 1 is 1.42 bits per heavy atom. The highest BCUT2D eigenvalue weighted by atomic mass is 32.1. The van der Waals surface area contributed by atoms with E-state index in [1.54, 1.807) is 18.4 Å². The van der Waals surface area contributed by atoms with Crippen LogP contribution in [0.4, 0.5) is 0 Å². The zero-order valence-electron chi connectivity index (χ0n) is 6.87. The third kappa shape index (κ3) is 1.04. The first-order valence-electron chi connectivity index (χ1n) is 3.56. The minimum atomic E-state index is 0.657. The maximum atomic E-state index is 5.10. The fourth-order valence-electron chi connectivity index (χ4n) is 1.12. The topological polar surface area (TPSA) is 35.0 Å². The number of thiophene rings is 1. The van der Waals surface area contributed by atoms with E-state index in [0.29, 0.717) is 5.88 Å². The molecule has 2 heterocycles. The molecule has 0 atom stereocenters. The van der Waals surface area contributed by atoms with E-state index in [4.69, 9.17) is 4.74 Å². The van der Waals surface area contributed by atoms with Crippen molar-refractivity contribution in [1.29, 1.82) is 0 Å². The SMILES string of the molecule is COc1ncnc2sc(C)cc12. The number of aryl methyl sites for hydroxylation is 1. The van der Waals surface area contributed by atoms with Gasteiger partial charge in [-0.1, -0.05) is 0 Å². The predicted octanol–water partition coefficient (Wildman–Crippen LogP) is 2.01. The van der Waals surface area contributed by atoms with Gasteiger partial charge in [-0.2, -0.15) is 0 Å². The van der Waals surface area contributed by atoms with Crippen LogP contribution in [-0.2, 0) is 0 Å². The first-order valence-corrected chi connectivity index (χ1v) is 4.38. The minimum Gasteiger partial charge on any atom is -0.480 e. The Bertz CT molecular complexity index is 410. The maximum Gasteiger partial charge on any atom is 0.225 e. The van der Waals surface area contributed by atoms with Gasteiger partial charge in [-0.15, -0.1) is 11.3 Å². The number of aromatic nitrogens is 2. The molecule has 3 nitrogen and oxygen atoms in total. The van der Waals surface area contributed by atoms with Crippen LogP contribution in [0.3, 0.4) is 0 Å². The molecule has 0 aliphatic carbocycles. The molecule has 62 valence electrons. The van der Waals surface area contributed by atoms with Crippen molar-refractivity contribution < 1.29 is 4.74 Å². The molecule has 2 aromatic heterocycles. The molecule has 2 rings (SSSR count). The van der Waals surface area contributed by atoms with Gasteiger partial charge in [0.05, 0.1) is 12.5 Å². The number of ether oxygens (including phenoxy) is 1. The lowest BCUT2D eigenvalue weighted by Gasteiger charge is -1.96. The molecular weight excluding hydrogens is 172 g/mol. The molecule has 0 saturated carbocycles. The molecule has 0 radical (unpaired) electrons. The molecule has 2 aromatic rings. The van der Waals surface area contributed by atoms with Crippen LogP contribution >= 0.6 is 11.3 Å². The quantitative estimate of drug-likeness (QED) is 0.673. The molecule has 0 aliphatic rings. The Balaban J connectivity index is 2.78. The van der Waals surface area contributed by atoms with Crippen molar-refractivity contribution >= 4 is 21.6 Å². The van der Waals surface area contributed by atoms with Crippen molar-refractivity contribution in [2.24, 2.45) is 0 Å². The summed E-state index contributed by atoms with van der Waals surface area (Å²) in [5, 5.41) is 1.00. The molecule has 0 spiro atoms. The van der Waals surface area contributed by atoms with Crippen LogP contribution in [0.15, 0.2) is 12.4 Å². The van der Waals surface area contributed by atoms with Gasteiger partial charge in [-0.3, -0.25) is 0 Å². The van der Waals surface area contributed by atoms with Crippen LogP contribution in [0.1, 0.15) is 4.88 Å². The summed E-state index contributed by atoms with van der Waals surface area (Å²) in [4.78, 5) is 10.4. The number of fused-ring (bicyclic) bond motifs is 1. The van der Waals surface area contributed by atoms with Crippen LogP contribution in [0.5, 0.6) is 5.88 Å². The Kier molecular flexibility index (Phi) is 1.69. The van der Waals surface area contributed by atoms with Crippen LogP contribution in [0.25, 0.3) is 10.2 Å². The maximum absolute atomic E-state index is 5.10. The normalized spacial score (nSPS) is 10.5. The molecule has 0 aliphatic heterocycles. The number of hydrogen-bond donors (Lipinski definition) is 0. The molecular formula is C8H8N2OS. The van der Waals surface area contributed by atoms with Crippen molar-refractivity contribution in [3.05, 3.63) is 17.3 Å². The van der Waals surface area contributed by atoms with Crippen molar-refractivity contribution in [2.45, 2.75) is 6.92 Å². The van der Waals surface area contributed by atoms with E-state index >= 15 is 0 Å². The zero-order chi connectivity index (χ0) is 8.55. The first-order chi connectivity index (χ1) is 5.81. The highest BCUT2D eigenvalue weighted by molar-refractivity contribution is 7.18. The second-order valence-corrected chi connectivity index (χ2v) is 3.69. The number of nitrogens with zero attached hydrogens (tertiary/aromatic N) is 2. The summed E-state index contributed by atoms with van der Waals surface area (Å²) in [6.45, 7) is 2.05. The van der Waals surface area contributed by atoms with Gasteiger partial charge in [-0.05, 0) is 13.0 Å². The highest BCUT2D eigenvalue weighted by Crippen LogP contribution is 2.28. The van der Waals surface area contributed by atoms with E-state index in [2.05, 4.69) is 9.97 Å². The summed E-state index contributed by atoms with van der Waals surface area (Å²) in [6, 6.07) is 2.04. The third-order valence-corrected chi connectivity index (χ3v) is 2.57. The average Bonchev–Trinajstić information content (AvgIpc) is 2.44. The van der Waals surface area contributed by atoms with Gasteiger partial charge in [-0.25, -0.2) is 9.97 Å². The van der Waals surface area contributed by atoms with Crippen molar-refractivity contribution in [1.82, 2.24) is 9.97 Å². The fraction of sp³-hybridized carbons (Fsp3) is 0.250. The van der Waals surface area contributed by atoms with Gasteiger partial charge in [0, 0.05) is 4.88 Å². The fourth-order valence-corrected chi connectivity index (χ4v) is 1.95. The summed E-state index contributed by atoms with van der Waals surface area (Å²) in [6.07, 6.45) is 1.52. The Labute approximate surface area is 74.0 Å². The van der Waals surface area contributed by atoms with E-state index in [1.165, 1.54) is 11.2 Å². The van der Waals surface area contributed by atoms with Gasteiger partial charge in [0.25, 0.3) is 0 Å². The van der Waals surface area contributed by atoms with Gasteiger partial charge < -0.3 is 4.74 Å².